The van der Waals surface area contributed by atoms with Gasteiger partial charge in [-0.15, -0.1) is 0 Å². The van der Waals surface area contributed by atoms with Crippen molar-refractivity contribution in [3.63, 3.8) is 0 Å². The minimum Gasteiger partial charge on any atom is -0.493 e. The minimum atomic E-state index is -0.578. The molecule has 0 unspecified atom stereocenters. The van der Waals surface area contributed by atoms with E-state index in [9.17, 15) is 9.59 Å². The number of ether oxygens (including phenoxy) is 2. The minimum absolute atomic E-state index is 0.182. The lowest BCUT2D eigenvalue weighted by atomic mass is 10.1. The molecule has 0 aromatic heterocycles. The smallest absolute Gasteiger partial charge is 0.255 e. The molecule has 20 heavy (non-hydrogen) atoms. The summed E-state index contributed by atoms with van der Waals surface area (Å²) < 4.78 is 10.3. The van der Waals surface area contributed by atoms with Gasteiger partial charge in [0.15, 0.2) is 18.1 Å². The van der Waals surface area contributed by atoms with E-state index in [2.05, 4.69) is 5.32 Å². The Labute approximate surface area is 118 Å². The molecule has 1 aromatic rings. The van der Waals surface area contributed by atoms with Gasteiger partial charge in [0, 0.05) is 12.1 Å². The van der Waals surface area contributed by atoms with Gasteiger partial charge in [-0.2, -0.15) is 0 Å². The van der Waals surface area contributed by atoms with E-state index in [4.69, 9.17) is 15.2 Å². The van der Waals surface area contributed by atoms with Crippen molar-refractivity contribution >= 4 is 11.8 Å². The Morgan fingerprint density at radius 3 is 2.55 bits per heavy atom. The van der Waals surface area contributed by atoms with Crippen LogP contribution in [-0.4, -0.2) is 32.1 Å². The maximum atomic E-state index is 11.9. The average Bonchev–Trinajstić information content (AvgIpc) is 2.42. The van der Waals surface area contributed by atoms with E-state index in [1.807, 2.05) is 13.8 Å². The van der Waals surface area contributed by atoms with Crippen LogP contribution >= 0.6 is 0 Å². The van der Waals surface area contributed by atoms with Gasteiger partial charge in [-0.1, -0.05) is 13.8 Å². The van der Waals surface area contributed by atoms with Gasteiger partial charge < -0.3 is 20.5 Å². The third kappa shape index (κ3) is 4.79. The van der Waals surface area contributed by atoms with E-state index < -0.39 is 5.91 Å². The van der Waals surface area contributed by atoms with Crippen LogP contribution < -0.4 is 20.5 Å². The van der Waals surface area contributed by atoms with Gasteiger partial charge in [0.1, 0.15) is 0 Å². The lowest BCUT2D eigenvalue weighted by Crippen LogP contribution is -2.27. The fourth-order valence-electron chi connectivity index (χ4n) is 1.48. The summed E-state index contributed by atoms with van der Waals surface area (Å²) >= 11 is 0. The van der Waals surface area contributed by atoms with Gasteiger partial charge in [0.05, 0.1) is 7.11 Å². The summed E-state index contributed by atoms with van der Waals surface area (Å²) in [5.41, 5.74) is 5.48. The number of carbonyl (C=O) groups is 2. The van der Waals surface area contributed by atoms with Crippen molar-refractivity contribution < 1.29 is 19.1 Å². The van der Waals surface area contributed by atoms with E-state index in [-0.39, 0.29) is 12.5 Å². The number of nitrogens with two attached hydrogens (primary N) is 1. The molecule has 0 aliphatic rings. The third-order valence-electron chi connectivity index (χ3n) is 2.47. The van der Waals surface area contributed by atoms with Crippen LogP contribution in [-0.2, 0) is 4.79 Å². The highest BCUT2D eigenvalue weighted by Gasteiger charge is 2.12. The number of rotatable bonds is 7. The van der Waals surface area contributed by atoms with Crippen molar-refractivity contribution in [2.45, 2.75) is 13.8 Å². The second kappa shape index (κ2) is 7.37. The molecule has 6 heteroatoms. The van der Waals surface area contributed by atoms with Crippen LogP contribution in [0.2, 0.25) is 0 Å². The van der Waals surface area contributed by atoms with Crippen LogP contribution in [0.5, 0.6) is 11.5 Å². The van der Waals surface area contributed by atoms with Gasteiger partial charge in [-0.05, 0) is 24.1 Å². The quantitative estimate of drug-likeness (QED) is 0.778. The summed E-state index contributed by atoms with van der Waals surface area (Å²) in [6.07, 6.45) is 0. The highest BCUT2D eigenvalue weighted by Crippen LogP contribution is 2.27. The molecule has 1 aromatic carbocycles. The van der Waals surface area contributed by atoms with Crippen molar-refractivity contribution in [1.29, 1.82) is 0 Å². The molecular weight excluding hydrogens is 260 g/mol. The molecule has 0 spiro atoms. The number of carbonyl (C=O) groups excluding carboxylic acids is 2. The lowest BCUT2D eigenvalue weighted by molar-refractivity contribution is -0.119. The van der Waals surface area contributed by atoms with Gasteiger partial charge in [0.25, 0.3) is 11.8 Å². The fourth-order valence-corrected chi connectivity index (χ4v) is 1.48. The first kappa shape index (κ1) is 15.8. The Balaban J connectivity index is 2.80. The molecule has 1 rings (SSSR count). The molecule has 0 saturated carbocycles. The van der Waals surface area contributed by atoms with Crippen LogP contribution in [0, 0.1) is 5.92 Å². The van der Waals surface area contributed by atoms with Crippen molar-refractivity contribution in [3.05, 3.63) is 23.8 Å². The number of hydrogen-bond acceptors (Lipinski definition) is 4. The van der Waals surface area contributed by atoms with Crippen LogP contribution in [0.15, 0.2) is 18.2 Å². The van der Waals surface area contributed by atoms with Crippen LogP contribution in [0.1, 0.15) is 24.2 Å². The number of amides is 2. The summed E-state index contributed by atoms with van der Waals surface area (Å²) in [7, 11) is 1.46. The molecule has 0 aliphatic carbocycles. The van der Waals surface area contributed by atoms with Crippen molar-refractivity contribution in [3.8, 4) is 11.5 Å². The molecule has 0 bridgehead atoms. The normalized spacial score (nSPS) is 10.2. The van der Waals surface area contributed by atoms with E-state index in [0.717, 1.165) is 0 Å². The van der Waals surface area contributed by atoms with Gasteiger partial charge >= 0.3 is 0 Å². The number of benzene rings is 1. The molecule has 110 valence electrons. The predicted octanol–water partition coefficient (Wildman–Crippen LogP) is 0.945. The zero-order valence-electron chi connectivity index (χ0n) is 11.9. The first-order valence-electron chi connectivity index (χ1n) is 6.31. The van der Waals surface area contributed by atoms with Gasteiger partial charge in [0.2, 0.25) is 0 Å². The number of primary amides is 1. The molecule has 0 aliphatic heterocycles. The summed E-state index contributed by atoms with van der Waals surface area (Å²) in [6.45, 7) is 4.39. The summed E-state index contributed by atoms with van der Waals surface area (Å²) in [5.74, 6) is 0.360. The van der Waals surface area contributed by atoms with Gasteiger partial charge in [-0.3, -0.25) is 9.59 Å². The van der Waals surface area contributed by atoms with Crippen LogP contribution in [0.3, 0.4) is 0 Å². The SMILES string of the molecule is COc1cc(C(=O)NCC(C)C)ccc1OCC(N)=O. The van der Waals surface area contributed by atoms with Crippen molar-refractivity contribution in [2.75, 3.05) is 20.3 Å². The summed E-state index contributed by atoms with van der Waals surface area (Å²) in [6, 6.07) is 4.74. The van der Waals surface area contributed by atoms with E-state index in [1.165, 1.54) is 7.11 Å². The standard InChI is InChI=1S/C14H20N2O4/c1-9(2)7-16-14(18)10-4-5-11(12(6-10)19-3)20-8-13(15)17/h4-6,9H,7-8H2,1-3H3,(H2,15,17)(H,16,18). The molecule has 0 heterocycles. The molecule has 2 amide bonds. The fraction of sp³-hybridized carbons (Fsp3) is 0.429. The molecular formula is C14H20N2O4. The lowest BCUT2D eigenvalue weighted by Gasteiger charge is -2.12. The molecule has 0 radical (unpaired) electrons. The van der Waals surface area contributed by atoms with Crippen molar-refractivity contribution in [1.82, 2.24) is 5.32 Å². The number of nitrogens with one attached hydrogen (secondary N) is 1. The number of methoxy groups -OCH3 is 1. The first-order chi connectivity index (χ1) is 9.43. The molecule has 0 saturated heterocycles. The van der Waals surface area contributed by atoms with Crippen LogP contribution in [0.4, 0.5) is 0 Å². The Hall–Kier alpha value is -2.24. The zero-order chi connectivity index (χ0) is 15.1. The largest absolute Gasteiger partial charge is 0.493 e. The summed E-state index contributed by atoms with van der Waals surface area (Å²) in [5, 5.41) is 2.81. The molecule has 0 fully saturated rings. The average molecular weight is 280 g/mol. The maximum absolute atomic E-state index is 11.9. The van der Waals surface area contributed by atoms with Gasteiger partial charge in [-0.25, -0.2) is 0 Å². The van der Waals surface area contributed by atoms with Crippen molar-refractivity contribution in [2.24, 2.45) is 11.7 Å². The Kier molecular flexibility index (Phi) is 5.83. The van der Waals surface area contributed by atoms with E-state index >= 15 is 0 Å². The Morgan fingerprint density at radius 1 is 1.30 bits per heavy atom. The second-order valence-corrected chi connectivity index (χ2v) is 4.72. The topological polar surface area (TPSA) is 90.7 Å². The zero-order valence-corrected chi connectivity index (χ0v) is 11.9. The van der Waals surface area contributed by atoms with E-state index in [1.54, 1.807) is 18.2 Å². The monoisotopic (exact) mass is 280 g/mol. The molecule has 6 nitrogen and oxygen atoms in total. The highest BCUT2D eigenvalue weighted by molar-refractivity contribution is 5.94. The summed E-state index contributed by atoms with van der Waals surface area (Å²) in [4.78, 5) is 22.6. The molecule has 0 atom stereocenters. The highest BCUT2D eigenvalue weighted by atomic mass is 16.5. The van der Waals surface area contributed by atoms with Crippen LogP contribution in [0.25, 0.3) is 0 Å². The molecule has 3 N–H and O–H groups in total. The predicted molar refractivity (Wildman–Crippen MR) is 74.9 cm³/mol. The number of hydrogen-bond donors (Lipinski definition) is 2. The van der Waals surface area contributed by atoms with E-state index in [0.29, 0.717) is 29.5 Å². The maximum Gasteiger partial charge on any atom is 0.255 e. The first-order valence-corrected chi connectivity index (χ1v) is 6.31. The Bertz CT molecular complexity index is 486. The Morgan fingerprint density at radius 2 is 2.00 bits per heavy atom. The second-order valence-electron chi connectivity index (χ2n) is 4.72. The third-order valence-corrected chi connectivity index (χ3v) is 2.47.